The number of pyridine rings is 1. The van der Waals surface area contributed by atoms with Crippen LogP contribution in [0.3, 0.4) is 0 Å². The Balaban J connectivity index is 1.34. The molecule has 5 rings (SSSR count). The molecule has 6 heteroatoms. The summed E-state index contributed by atoms with van der Waals surface area (Å²) in [6.45, 7) is 2.84. The molecule has 5 nitrogen and oxygen atoms in total. The molecule has 0 saturated heterocycles. The first-order valence-corrected chi connectivity index (χ1v) is 9.83. The van der Waals surface area contributed by atoms with Crippen molar-refractivity contribution >= 4 is 27.2 Å². The van der Waals surface area contributed by atoms with E-state index in [1.807, 2.05) is 42.7 Å². The smallest absolute Gasteiger partial charge is 0.159 e. The zero-order valence-electron chi connectivity index (χ0n) is 14.8. The third-order valence-corrected chi connectivity index (χ3v) is 5.95. The lowest BCUT2D eigenvalue weighted by Gasteiger charge is -2.27. The van der Waals surface area contributed by atoms with Crippen LogP contribution in [0.1, 0.15) is 16.1 Å². The molecular weight excluding hydrogens is 354 g/mol. The minimum absolute atomic E-state index is 0.754. The van der Waals surface area contributed by atoms with E-state index < -0.39 is 0 Å². The molecule has 27 heavy (non-hydrogen) atoms. The number of anilines is 1. The first-order chi connectivity index (χ1) is 13.2. The molecule has 2 N–H and O–H groups in total. The summed E-state index contributed by atoms with van der Waals surface area (Å²) < 4.78 is 0. The van der Waals surface area contributed by atoms with Gasteiger partial charge >= 0.3 is 0 Å². The Morgan fingerprint density at radius 3 is 2.85 bits per heavy atom. The molecule has 134 valence electrons. The fourth-order valence-electron chi connectivity index (χ4n) is 3.50. The Kier molecular flexibility index (Phi) is 4.07. The largest absolute Gasteiger partial charge is 0.399 e. The fourth-order valence-corrected chi connectivity index (χ4v) is 4.54. The van der Waals surface area contributed by atoms with Crippen LogP contribution in [0.15, 0.2) is 54.9 Å². The number of rotatable bonds is 3. The quantitative estimate of drug-likeness (QED) is 0.552. The molecule has 0 amide bonds. The SMILES string of the molecule is Nc1ccc(-c2ncc3c(n2)CCN(Cc2cc4cccnc4s2)C3)cc1. The van der Waals surface area contributed by atoms with E-state index in [9.17, 15) is 0 Å². The minimum atomic E-state index is 0.754. The van der Waals surface area contributed by atoms with E-state index in [0.29, 0.717) is 0 Å². The second kappa shape index (κ2) is 6.72. The maximum atomic E-state index is 5.77. The third-order valence-electron chi connectivity index (χ3n) is 4.91. The Morgan fingerprint density at radius 2 is 2.00 bits per heavy atom. The molecule has 0 aliphatic carbocycles. The van der Waals surface area contributed by atoms with Gasteiger partial charge < -0.3 is 5.73 Å². The number of thiophene rings is 1. The molecule has 1 aliphatic heterocycles. The molecule has 4 heterocycles. The highest BCUT2D eigenvalue weighted by Gasteiger charge is 2.19. The summed E-state index contributed by atoms with van der Waals surface area (Å²) in [6, 6.07) is 14.1. The molecule has 3 aromatic heterocycles. The summed E-state index contributed by atoms with van der Waals surface area (Å²) in [7, 11) is 0. The lowest BCUT2D eigenvalue weighted by atomic mass is 10.1. The van der Waals surface area contributed by atoms with E-state index in [2.05, 4.69) is 27.0 Å². The van der Waals surface area contributed by atoms with E-state index in [1.165, 1.54) is 15.8 Å². The lowest BCUT2D eigenvalue weighted by molar-refractivity contribution is 0.245. The van der Waals surface area contributed by atoms with Crippen LogP contribution >= 0.6 is 11.3 Å². The second-order valence-corrected chi connectivity index (χ2v) is 7.97. The molecule has 0 radical (unpaired) electrons. The molecular formula is C21H19N5S. The van der Waals surface area contributed by atoms with Gasteiger partial charge in [0.2, 0.25) is 0 Å². The van der Waals surface area contributed by atoms with Gasteiger partial charge in [0, 0.05) is 65.5 Å². The van der Waals surface area contributed by atoms with E-state index in [4.69, 9.17) is 10.7 Å². The summed E-state index contributed by atoms with van der Waals surface area (Å²) >= 11 is 1.78. The van der Waals surface area contributed by atoms with Gasteiger partial charge in [-0.3, -0.25) is 4.90 Å². The predicted molar refractivity (Wildman–Crippen MR) is 109 cm³/mol. The molecule has 0 bridgehead atoms. The van der Waals surface area contributed by atoms with Crippen molar-refractivity contribution in [2.45, 2.75) is 19.5 Å². The van der Waals surface area contributed by atoms with Crippen LogP contribution in [0.5, 0.6) is 0 Å². The predicted octanol–water partition coefficient (Wildman–Crippen LogP) is 3.89. The van der Waals surface area contributed by atoms with Crippen molar-refractivity contribution in [2.75, 3.05) is 12.3 Å². The number of nitrogen functional groups attached to an aromatic ring is 1. The molecule has 0 fully saturated rings. The lowest BCUT2D eigenvalue weighted by Crippen LogP contribution is -2.30. The van der Waals surface area contributed by atoms with Crippen LogP contribution in [0.4, 0.5) is 5.69 Å². The van der Waals surface area contributed by atoms with Crippen molar-refractivity contribution in [3.05, 3.63) is 71.0 Å². The highest BCUT2D eigenvalue weighted by molar-refractivity contribution is 7.18. The highest BCUT2D eigenvalue weighted by Crippen LogP contribution is 2.27. The summed E-state index contributed by atoms with van der Waals surface area (Å²) in [5.74, 6) is 0.776. The summed E-state index contributed by atoms with van der Waals surface area (Å²) in [5.41, 5.74) is 9.91. The minimum Gasteiger partial charge on any atom is -0.399 e. The summed E-state index contributed by atoms with van der Waals surface area (Å²) in [5, 5.41) is 1.23. The maximum Gasteiger partial charge on any atom is 0.159 e. The number of hydrogen-bond acceptors (Lipinski definition) is 6. The number of fused-ring (bicyclic) bond motifs is 2. The van der Waals surface area contributed by atoms with Crippen LogP contribution in [-0.4, -0.2) is 26.4 Å². The van der Waals surface area contributed by atoms with Crippen LogP contribution in [0.25, 0.3) is 21.6 Å². The molecule has 1 aliphatic rings. The standard InChI is InChI=1S/C21H19N5S/c22-17-5-3-14(4-6-17)20-24-11-16-12-26(9-7-19(16)25-20)13-18-10-15-2-1-8-23-21(15)27-18/h1-6,8,10-11H,7,9,12-13,22H2. The average molecular weight is 373 g/mol. The van der Waals surface area contributed by atoms with Gasteiger partial charge in [0.15, 0.2) is 5.82 Å². The summed E-state index contributed by atoms with van der Waals surface area (Å²) in [4.78, 5) is 18.8. The van der Waals surface area contributed by atoms with Gasteiger partial charge in [-0.25, -0.2) is 15.0 Å². The van der Waals surface area contributed by atoms with E-state index >= 15 is 0 Å². The topological polar surface area (TPSA) is 67.9 Å². The van der Waals surface area contributed by atoms with Crippen molar-refractivity contribution in [3.63, 3.8) is 0 Å². The van der Waals surface area contributed by atoms with Crippen LogP contribution in [0.2, 0.25) is 0 Å². The molecule has 0 saturated carbocycles. The monoisotopic (exact) mass is 373 g/mol. The highest BCUT2D eigenvalue weighted by atomic mass is 32.1. The Bertz CT molecular complexity index is 1070. The van der Waals surface area contributed by atoms with Gasteiger partial charge in [0.05, 0.1) is 5.69 Å². The zero-order chi connectivity index (χ0) is 18.2. The molecule has 0 spiro atoms. The number of hydrogen-bond donors (Lipinski definition) is 1. The van der Waals surface area contributed by atoms with Crippen molar-refractivity contribution < 1.29 is 0 Å². The van der Waals surface area contributed by atoms with E-state index in [0.717, 1.165) is 53.7 Å². The van der Waals surface area contributed by atoms with Gasteiger partial charge in [0.1, 0.15) is 4.83 Å². The van der Waals surface area contributed by atoms with Crippen molar-refractivity contribution in [3.8, 4) is 11.4 Å². The molecule has 1 aromatic carbocycles. The van der Waals surface area contributed by atoms with Gasteiger partial charge in [-0.2, -0.15) is 0 Å². The van der Waals surface area contributed by atoms with Crippen molar-refractivity contribution in [2.24, 2.45) is 0 Å². The van der Waals surface area contributed by atoms with Crippen LogP contribution in [-0.2, 0) is 19.5 Å². The van der Waals surface area contributed by atoms with Crippen molar-refractivity contribution in [1.82, 2.24) is 19.9 Å². The third kappa shape index (κ3) is 3.29. The number of benzene rings is 1. The Labute approximate surface area is 161 Å². The molecule has 0 atom stereocenters. The second-order valence-electron chi connectivity index (χ2n) is 6.86. The van der Waals surface area contributed by atoms with Crippen LogP contribution < -0.4 is 5.73 Å². The first-order valence-electron chi connectivity index (χ1n) is 9.01. The van der Waals surface area contributed by atoms with Gasteiger partial charge in [-0.1, -0.05) is 6.07 Å². The van der Waals surface area contributed by atoms with Crippen LogP contribution in [0, 0.1) is 0 Å². The average Bonchev–Trinajstić information content (AvgIpc) is 3.10. The maximum absolute atomic E-state index is 5.77. The molecule has 4 aromatic rings. The van der Waals surface area contributed by atoms with Gasteiger partial charge in [-0.15, -0.1) is 11.3 Å². The van der Waals surface area contributed by atoms with Gasteiger partial charge in [-0.05, 0) is 36.4 Å². The zero-order valence-corrected chi connectivity index (χ0v) is 15.6. The fraction of sp³-hybridized carbons (Fsp3) is 0.190. The van der Waals surface area contributed by atoms with E-state index in [1.54, 1.807) is 11.3 Å². The molecule has 0 unspecified atom stereocenters. The van der Waals surface area contributed by atoms with E-state index in [-0.39, 0.29) is 0 Å². The first kappa shape index (κ1) is 16.4. The summed E-state index contributed by atoms with van der Waals surface area (Å²) in [6.07, 6.45) is 4.78. The van der Waals surface area contributed by atoms with Crippen molar-refractivity contribution in [1.29, 1.82) is 0 Å². The Hall–Kier alpha value is -2.83. The van der Waals surface area contributed by atoms with Gasteiger partial charge in [0.25, 0.3) is 0 Å². The number of aromatic nitrogens is 3. The number of nitrogens with two attached hydrogens (primary N) is 1. The normalized spacial score (nSPS) is 14.4. The Morgan fingerprint density at radius 1 is 1.11 bits per heavy atom. The number of nitrogens with zero attached hydrogens (tertiary/aromatic N) is 4.